The molecule has 0 aliphatic carbocycles. The first-order valence-corrected chi connectivity index (χ1v) is 17.4. The number of amides is 3. The summed E-state index contributed by atoms with van der Waals surface area (Å²) in [6.07, 6.45) is 8.46. The Labute approximate surface area is 275 Å². The van der Waals surface area contributed by atoms with Gasteiger partial charge in [0.15, 0.2) is 0 Å². The Balaban J connectivity index is 1.24. The van der Waals surface area contributed by atoms with Crippen LogP contribution in [0.1, 0.15) is 68.1 Å². The number of piperidine rings is 3. The number of nitrogens with zero attached hydrogens (tertiary/aromatic N) is 4. The highest BCUT2D eigenvalue weighted by Crippen LogP contribution is 2.40. The number of carbonyl (C=O) groups is 3. The van der Waals surface area contributed by atoms with Gasteiger partial charge in [0.1, 0.15) is 18.6 Å². The van der Waals surface area contributed by atoms with Crippen molar-refractivity contribution in [1.29, 1.82) is 0 Å². The fourth-order valence-corrected chi connectivity index (χ4v) is 8.40. The van der Waals surface area contributed by atoms with Gasteiger partial charge in [-0.05, 0) is 87.4 Å². The number of para-hydroxylation sites is 1. The van der Waals surface area contributed by atoms with Crippen LogP contribution >= 0.6 is 15.9 Å². The average molecular weight is 681 g/mol. The van der Waals surface area contributed by atoms with E-state index in [1.807, 2.05) is 53.1 Å². The van der Waals surface area contributed by atoms with Crippen LogP contribution in [-0.4, -0.2) is 95.0 Å². The highest BCUT2D eigenvalue weighted by Gasteiger charge is 2.52. The normalized spacial score (nSPS) is 25.3. The highest BCUT2D eigenvalue weighted by atomic mass is 79.9. The third-order valence-electron chi connectivity index (χ3n) is 10.5. The van der Waals surface area contributed by atoms with Gasteiger partial charge in [0, 0.05) is 61.3 Å². The van der Waals surface area contributed by atoms with Crippen molar-refractivity contribution >= 4 is 40.0 Å². The number of aldehydes is 1. The largest absolute Gasteiger partial charge is 0.445 e. The van der Waals surface area contributed by atoms with Gasteiger partial charge in [-0.25, -0.2) is 9.59 Å². The van der Waals surface area contributed by atoms with Gasteiger partial charge in [-0.1, -0.05) is 52.7 Å². The van der Waals surface area contributed by atoms with Crippen molar-refractivity contribution in [2.45, 2.75) is 89.1 Å². The van der Waals surface area contributed by atoms with Gasteiger partial charge in [-0.2, -0.15) is 0 Å². The zero-order chi connectivity index (χ0) is 31.4. The summed E-state index contributed by atoms with van der Waals surface area (Å²) in [6.45, 7) is 7.10. The molecule has 0 aromatic heterocycles. The second kappa shape index (κ2) is 14.2. The molecule has 2 atom stereocenters. The lowest BCUT2D eigenvalue weighted by atomic mass is 9.84. The fraction of sp³-hybridized carbons (Fsp3) is 0.571. The molecule has 9 nitrogen and oxygen atoms in total. The first-order valence-electron chi connectivity index (χ1n) is 16.7. The van der Waals surface area contributed by atoms with Crippen molar-refractivity contribution < 1.29 is 19.1 Å². The summed E-state index contributed by atoms with van der Waals surface area (Å²) >= 11 is 3.58. The highest BCUT2D eigenvalue weighted by molar-refractivity contribution is 9.10. The number of benzene rings is 2. The average Bonchev–Trinajstić information content (AvgIpc) is 3.23. The molecule has 242 valence electrons. The molecule has 2 aromatic rings. The first-order chi connectivity index (χ1) is 21.9. The quantitative estimate of drug-likeness (QED) is 0.352. The number of ether oxygens (including phenoxy) is 1. The summed E-state index contributed by atoms with van der Waals surface area (Å²) in [5, 5.41) is 3.12. The van der Waals surface area contributed by atoms with E-state index in [1.165, 1.54) is 19.3 Å². The first kappa shape index (κ1) is 32.0. The number of hydrogen-bond acceptors (Lipinski definition) is 6. The number of hydrogen-bond donors (Lipinski definition) is 1. The van der Waals surface area contributed by atoms with Crippen molar-refractivity contribution in [2.24, 2.45) is 0 Å². The van der Waals surface area contributed by atoms with E-state index in [0.717, 1.165) is 78.6 Å². The molecule has 3 fully saturated rings. The minimum absolute atomic E-state index is 0.115. The van der Waals surface area contributed by atoms with Crippen LogP contribution in [0.25, 0.3) is 0 Å². The molecule has 10 heteroatoms. The Hall–Kier alpha value is -2.95. The molecule has 0 unspecified atom stereocenters. The summed E-state index contributed by atoms with van der Waals surface area (Å²) in [6, 6.07) is 14.2. The molecule has 2 aromatic carbocycles. The number of rotatable bonds is 7. The lowest BCUT2D eigenvalue weighted by molar-refractivity contribution is -0.128. The Morgan fingerprint density at radius 3 is 2.51 bits per heavy atom. The van der Waals surface area contributed by atoms with Gasteiger partial charge in [-0.15, -0.1) is 0 Å². The second-order valence-corrected chi connectivity index (χ2v) is 14.0. The Kier molecular flexibility index (Phi) is 10.1. The Bertz CT molecular complexity index is 1380. The molecular formula is C35H46BrN5O4. The topological polar surface area (TPSA) is 85.4 Å². The maximum atomic E-state index is 14.0. The number of carbonyl (C=O) groups excluding carboxylic acids is 3. The maximum absolute atomic E-state index is 14.0. The van der Waals surface area contributed by atoms with Crippen molar-refractivity contribution in [2.75, 3.05) is 44.6 Å². The monoisotopic (exact) mass is 679 g/mol. The molecule has 1 N–H and O–H groups in total. The van der Waals surface area contributed by atoms with E-state index in [9.17, 15) is 14.4 Å². The van der Waals surface area contributed by atoms with E-state index < -0.39 is 11.8 Å². The number of aryl methyl sites for hydroxylation is 1. The number of fused-ring (bicyclic) bond motifs is 1. The van der Waals surface area contributed by atoms with E-state index in [-0.39, 0.29) is 25.1 Å². The predicted octanol–water partition coefficient (Wildman–Crippen LogP) is 6.18. The van der Waals surface area contributed by atoms with Gasteiger partial charge in [-0.3, -0.25) is 9.80 Å². The summed E-state index contributed by atoms with van der Waals surface area (Å²) < 4.78 is 6.93. The van der Waals surface area contributed by atoms with Crippen molar-refractivity contribution in [3.63, 3.8) is 0 Å². The molecule has 3 amide bonds. The van der Waals surface area contributed by atoms with E-state index in [2.05, 4.69) is 37.1 Å². The van der Waals surface area contributed by atoms with E-state index in [1.54, 1.807) is 0 Å². The van der Waals surface area contributed by atoms with Gasteiger partial charge >= 0.3 is 12.1 Å². The van der Waals surface area contributed by atoms with Crippen molar-refractivity contribution in [3.8, 4) is 0 Å². The third kappa shape index (κ3) is 6.93. The van der Waals surface area contributed by atoms with Gasteiger partial charge < -0.3 is 24.6 Å². The molecule has 0 saturated carbocycles. The molecule has 0 spiro atoms. The summed E-state index contributed by atoms with van der Waals surface area (Å²) in [5.41, 5.74) is 3.14. The van der Waals surface area contributed by atoms with Crippen molar-refractivity contribution in [1.82, 2.24) is 19.6 Å². The van der Waals surface area contributed by atoms with Crippen molar-refractivity contribution in [3.05, 3.63) is 63.6 Å². The van der Waals surface area contributed by atoms with E-state index in [0.29, 0.717) is 32.0 Å². The van der Waals surface area contributed by atoms with Crippen LogP contribution in [0.5, 0.6) is 0 Å². The van der Waals surface area contributed by atoms with Gasteiger partial charge in [0.05, 0.1) is 0 Å². The third-order valence-corrected chi connectivity index (χ3v) is 11.4. The zero-order valence-corrected chi connectivity index (χ0v) is 28.0. The lowest BCUT2D eigenvalue weighted by Gasteiger charge is -2.57. The summed E-state index contributed by atoms with van der Waals surface area (Å²) in [5.74, 6) is 0. The molecule has 6 rings (SSSR count). The van der Waals surface area contributed by atoms with Gasteiger partial charge in [0.2, 0.25) is 0 Å². The summed E-state index contributed by atoms with van der Waals surface area (Å²) in [7, 11) is 0. The number of urea groups is 1. The lowest BCUT2D eigenvalue weighted by Crippen LogP contribution is -2.70. The molecule has 4 aliphatic heterocycles. The van der Waals surface area contributed by atoms with Crippen LogP contribution in [0.3, 0.4) is 0 Å². The SMILES string of the molecule is Cc1ccc(COC(=O)N2CC[C@@H](N3CCc4ccccc4NC3=O)C[C@@]2(CC=O)N2CCC(N3CCCCC3)CC2)cc1Br. The number of halogens is 1. The number of likely N-dealkylation sites (tertiary alicyclic amines) is 3. The molecule has 4 heterocycles. The van der Waals surface area contributed by atoms with Crippen LogP contribution < -0.4 is 5.32 Å². The number of anilines is 1. The van der Waals surface area contributed by atoms with Crippen LogP contribution in [0.4, 0.5) is 15.3 Å². The molecule has 3 saturated heterocycles. The number of nitrogens with one attached hydrogen (secondary N) is 1. The minimum atomic E-state index is -0.859. The standard InChI is InChI=1S/C35H46BrN5O4/c1-26-9-10-27(23-31(26)36)25-45-34(44)41-21-14-30(40-20-11-28-7-3-4-8-32(28)37-33(40)43)24-35(41,15-22-42)39-18-12-29(13-19-39)38-16-5-2-6-17-38/h3-4,7-10,22-23,29-30H,2,5-6,11-21,24-25H2,1H3,(H,37,43)/t30-,35+/m1/s1. The van der Waals surface area contributed by atoms with Crippen LogP contribution in [0, 0.1) is 6.92 Å². The molecule has 4 aliphatic rings. The predicted molar refractivity (Wildman–Crippen MR) is 178 cm³/mol. The smallest absolute Gasteiger partial charge is 0.411 e. The Morgan fingerprint density at radius 2 is 1.76 bits per heavy atom. The minimum Gasteiger partial charge on any atom is -0.445 e. The van der Waals surface area contributed by atoms with E-state index >= 15 is 0 Å². The van der Waals surface area contributed by atoms with Crippen LogP contribution in [-0.2, 0) is 22.6 Å². The summed E-state index contributed by atoms with van der Waals surface area (Å²) in [4.78, 5) is 48.8. The molecule has 0 radical (unpaired) electrons. The zero-order valence-electron chi connectivity index (χ0n) is 26.4. The van der Waals surface area contributed by atoms with E-state index in [4.69, 9.17) is 4.74 Å². The molecule has 45 heavy (non-hydrogen) atoms. The Morgan fingerprint density at radius 1 is 1.00 bits per heavy atom. The fourth-order valence-electron chi connectivity index (χ4n) is 7.98. The van der Waals surface area contributed by atoms with Crippen LogP contribution in [0.15, 0.2) is 46.9 Å². The molecule has 0 bridgehead atoms. The second-order valence-electron chi connectivity index (χ2n) is 13.1. The maximum Gasteiger partial charge on any atom is 0.411 e. The van der Waals surface area contributed by atoms with Gasteiger partial charge in [0.25, 0.3) is 0 Å². The van der Waals surface area contributed by atoms with Crippen LogP contribution in [0.2, 0.25) is 0 Å². The molecular weight excluding hydrogens is 634 g/mol.